The highest BCUT2D eigenvalue weighted by molar-refractivity contribution is 7.89. The van der Waals surface area contributed by atoms with Crippen LogP contribution in [0, 0.1) is 0 Å². The maximum Gasteiger partial charge on any atom is 0.242 e. The first-order valence-electron chi connectivity index (χ1n) is 5.38. The first kappa shape index (κ1) is 13.9. The maximum absolute atomic E-state index is 11.7. The number of nitrogens with one attached hydrogen (secondary N) is 1. The molecule has 6 nitrogen and oxygen atoms in total. The van der Waals surface area contributed by atoms with Crippen LogP contribution in [-0.4, -0.2) is 31.7 Å². The van der Waals surface area contributed by atoms with Crippen LogP contribution in [0.5, 0.6) is 0 Å². The summed E-state index contributed by atoms with van der Waals surface area (Å²) in [6.45, 7) is 0.487. The number of hydrogen-bond acceptors (Lipinski definition) is 5. The van der Waals surface area contributed by atoms with Gasteiger partial charge in [-0.1, -0.05) is 0 Å². The van der Waals surface area contributed by atoms with E-state index in [9.17, 15) is 8.42 Å². The molecule has 0 aromatic carbocycles. The average molecular weight is 259 g/mol. The Hall–Kier alpha value is -1.18. The van der Waals surface area contributed by atoms with Crippen LogP contribution in [0.2, 0.25) is 0 Å². The van der Waals surface area contributed by atoms with Gasteiger partial charge in [0.15, 0.2) is 0 Å². The number of nitrogen functional groups attached to an aromatic ring is 1. The van der Waals surface area contributed by atoms with Gasteiger partial charge in [0, 0.05) is 19.3 Å². The van der Waals surface area contributed by atoms with E-state index in [4.69, 9.17) is 10.8 Å². The fraction of sp³-hybridized carbons (Fsp3) is 0.500. The molecule has 0 atom stereocenters. The van der Waals surface area contributed by atoms with Gasteiger partial charge < -0.3 is 10.8 Å². The van der Waals surface area contributed by atoms with Gasteiger partial charge in [-0.15, -0.1) is 0 Å². The van der Waals surface area contributed by atoms with Crippen molar-refractivity contribution in [3.63, 3.8) is 0 Å². The van der Waals surface area contributed by atoms with Crippen molar-refractivity contribution >= 4 is 15.8 Å². The van der Waals surface area contributed by atoms with E-state index in [0.717, 1.165) is 6.42 Å². The molecule has 1 heterocycles. The Kier molecular flexibility index (Phi) is 5.33. The molecule has 4 N–H and O–H groups in total. The van der Waals surface area contributed by atoms with Gasteiger partial charge in [-0.2, -0.15) is 0 Å². The second kappa shape index (κ2) is 6.53. The van der Waals surface area contributed by atoms with Crippen molar-refractivity contribution in [2.45, 2.75) is 24.2 Å². The second-order valence-electron chi connectivity index (χ2n) is 3.60. The summed E-state index contributed by atoms with van der Waals surface area (Å²) in [6.07, 6.45) is 3.40. The second-order valence-corrected chi connectivity index (χ2v) is 5.37. The fourth-order valence-corrected chi connectivity index (χ4v) is 2.27. The topological polar surface area (TPSA) is 105 Å². The lowest BCUT2D eigenvalue weighted by molar-refractivity contribution is 0.283. The van der Waals surface area contributed by atoms with Gasteiger partial charge in [0.25, 0.3) is 0 Å². The number of aromatic nitrogens is 1. The Labute approximate surface area is 101 Å². The summed E-state index contributed by atoms with van der Waals surface area (Å²) in [5.41, 5.74) is 5.37. The molecule has 0 saturated heterocycles. The minimum absolute atomic E-state index is 0.105. The smallest absolute Gasteiger partial charge is 0.242 e. The molecule has 96 valence electrons. The van der Waals surface area contributed by atoms with Crippen LogP contribution in [0.1, 0.15) is 19.3 Å². The van der Waals surface area contributed by atoms with Crippen molar-refractivity contribution in [1.29, 1.82) is 0 Å². The SMILES string of the molecule is Nc1ccc(S(=O)(=O)NCCCCCO)cn1. The van der Waals surface area contributed by atoms with E-state index in [2.05, 4.69) is 9.71 Å². The average Bonchev–Trinajstić information content (AvgIpc) is 2.29. The molecule has 1 aromatic rings. The fourth-order valence-electron chi connectivity index (χ4n) is 1.25. The van der Waals surface area contributed by atoms with Crippen molar-refractivity contribution in [2.75, 3.05) is 18.9 Å². The summed E-state index contributed by atoms with van der Waals surface area (Å²) in [5.74, 6) is 0.284. The summed E-state index contributed by atoms with van der Waals surface area (Å²) >= 11 is 0. The number of unbranched alkanes of at least 4 members (excludes halogenated alkanes) is 2. The summed E-state index contributed by atoms with van der Waals surface area (Å²) in [7, 11) is -3.49. The molecule has 0 spiro atoms. The molecule has 0 amide bonds. The van der Waals surface area contributed by atoms with Crippen LogP contribution in [0.4, 0.5) is 5.82 Å². The molecule has 0 aliphatic heterocycles. The number of nitrogens with zero attached hydrogens (tertiary/aromatic N) is 1. The van der Waals surface area contributed by atoms with E-state index in [1.807, 2.05) is 0 Å². The number of pyridine rings is 1. The van der Waals surface area contributed by atoms with Crippen LogP contribution < -0.4 is 10.5 Å². The van der Waals surface area contributed by atoms with E-state index in [-0.39, 0.29) is 17.3 Å². The zero-order chi connectivity index (χ0) is 12.7. The van der Waals surface area contributed by atoms with E-state index < -0.39 is 10.0 Å². The molecule has 17 heavy (non-hydrogen) atoms. The Morgan fingerprint density at radius 3 is 2.65 bits per heavy atom. The Morgan fingerprint density at radius 2 is 2.06 bits per heavy atom. The van der Waals surface area contributed by atoms with Crippen LogP contribution in [0.25, 0.3) is 0 Å². The first-order valence-corrected chi connectivity index (χ1v) is 6.86. The molecule has 0 radical (unpaired) electrons. The van der Waals surface area contributed by atoms with Gasteiger partial charge in [0.1, 0.15) is 10.7 Å². The van der Waals surface area contributed by atoms with Gasteiger partial charge in [0.05, 0.1) is 0 Å². The summed E-state index contributed by atoms with van der Waals surface area (Å²) in [5, 5.41) is 8.57. The molecule has 7 heteroatoms. The Bertz CT molecular complexity index is 431. The largest absolute Gasteiger partial charge is 0.396 e. The summed E-state index contributed by atoms with van der Waals surface area (Å²) in [6, 6.07) is 2.86. The number of anilines is 1. The molecule has 0 bridgehead atoms. The monoisotopic (exact) mass is 259 g/mol. The van der Waals surface area contributed by atoms with Crippen LogP contribution in [-0.2, 0) is 10.0 Å². The number of sulfonamides is 1. The quantitative estimate of drug-likeness (QED) is 0.602. The van der Waals surface area contributed by atoms with Crippen molar-refractivity contribution in [3.8, 4) is 0 Å². The molecule has 0 aliphatic rings. The number of rotatable bonds is 7. The van der Waals surface area contributed by atoms with E-state index in [1.165, 1.54) is 18.3 Å². The minimum Gasteiger partial charge on any atom is -0.396 e. The minimum atomic E-state index is -3.49. The molecule has 0 unspecified atom stereocenters. The molecule has 1 rings (SSSR count). The number of aliphatic hydroxyl groups is 1. The molecule has 0 aliphatic carbocycles. The summed E-state index contributed by atoms with van der Waals surface area (Å²) in [4.78, 5) is 3.83. The lowest BCUT2D eigenvalue weighted by atomic mass is 10.2. The van der Waals surface area contributed by atoms with Gasteiger partial charge in [-0.3, -0.25) is 0 Å². The zero-order valence-electron chi connectivity index (χ0n) is 9.46. The predicted octanol–water partition coefficient (Wildman–Crippen LogP) is 0.105. The highest BCUT2D eigenvalue weighted by Gasteiger charge is 2.12. The van der Waals surface area contributed by atoms with E-state index in [1.54, 1.807) is 0 Å². The van der Waals surface area contributed by atoms with Gasteiger partial charge in [-0.05, 0) is 31.4 Å². The maximum atomic E-state index is 11.7. The number of hydrogen-bond donors (Lipinski definition) is 3. The molecular formula is C10H17N3O3S. The van der Waals surface area contributed by atoms with Crippen LogP contribution in [0.3, 0.4) is 0 Å². The summed E-state index contributed by atoms with van der Waals surface area (Å²) < 4.78 is 25.9. The highest BCUT2D eigenvalue weighted by Crippen LogP contribution is 2.08. The molecule has 1 aromatic heterocycles. The zero-order valence-corrected chi connectivity index (χ0v) is 10.3. The number of nitrogens with two attached hydrogens (primary N) is 1. The first-order chi connectivity index (χ1) is 8.06. The standard InChI is InChI=1S/C10H17N3O3S/c11-10-5-4-9(8-12-10)17(15,16)13-6-2-1-3-7-14/h4-5,8,13-14H,1-3,6-7H2,(H2,11,12). The lowest BCUT2D eigenvalue weighted by Crippen LogP contribution is -2.25. The van der Waals surface area contributed by atoms with Crippen molar-refractivity contribution in [3.05, 3.63) is 18.3 Å². The van der Waals surface area contributed by atoms with E-state index >= 15 is 0 Å². The van der Waals surface area contributed by atoms with Crippen LogP contribution >= 0.6 is 0 Å². The predicted molar refractivity (Wildman–Crippen MR) is 64.8 cm³/mol. The van der Waals surface area contributed by atoms with Crippen molar-refractivity contribution < 1.29 is 13.5 Å². The third kappa shape index (κ3) is 4.68. The highest BCUT2D eigenvalue weighted by atomic mass is 32.2. The third-order valence-electron chi connectivity index (χ3n) is 2.20. The van der Waals surface area contributed by atoms with Gasteiger partial charge >= 0.3 is 0 Å². The normalized spacial score (nSPS) is 11.6. The molecule has 0 fully saturated rings. The Morgan fingerprint density at radius 1 is 1.29 bits per heavy atom. The van der Waals surface area contributed by atoms with Crippen molar-refractivity contribution in [1.82, 2.24) is 9.71 Å². The van der Waals surface area contributed by atoms with Gasteiger partial charge in [0.2, 0.25) is 10.0 Å². The third-order valence-corrected chi connectivity index (χ3v) is 3.64. The van der Waals surface area contributed by atoms with E-state index in [0.29, 0.717) is 19.4 Å². The lowest BCUT2D eigenvalue weighted by Gasteiger charge is -2.06. The Balaban J connectivity index is 2.48. The van der Waals surface area contributed by atoms with Crippen molar-refractivity contribution in [2.24, 2.45) is 0 Å². The van der Waals surface area contributed by atoms with Gasteiger partial charge in [-0.25, -0.2) is 18.1 Å². The van der Waals surface area contributed by atoms with Crippen LogP contribution in [0.15, 0.2) is 23.2 Å². The number of aliphatic hydroxyl groups excluding tert-OH is 1. The molecule has 0 saturated carbocycles. The molecular weight excluding hydrogens is 242 g/mol.